The van der Waals surface area contributed by atoms with Crippen molar-refractivity contribution in [1.82, 2.24) is 10.3 Å². The molecule has 4 nitrogen and oxygen atoms in total. The second kappa shape index (κ2) is 7.34. The number of nitrogens with zero attached hydrogens (tertiary/aromatic N) is 1. The first-order chi connectivity index (χ1) is 9.29. The van der Waals surface area contributed by atoms with E-state index in [0.717, 1.165) is 30.4 Å². The molecule has 0 radical (unpaired) electrons. The van der Waals surface area contributed by atoms with Crippen LogP contribution >= 0.6 is 0 Å². The van der Waals surface area contributed by atoms with Crippen LogP contribution in [0.15, 0.2) is 12.1 Å². The number of unbranched alkanes of at least 4 members (excludes halogenated alkanes) is 1. The minimum absolute atomic E-state index is 0.638. The van der Waals surface area contributed by atoms with E-state index in [1.807, 2.05) is 19.1 Å². The number of pyridine rings is 1. The monoisotopic (exact) mass is 264 g/mol. The predicted molar refractivity (Wildman–Crippen MR) is 75.8 cm³/mol. The zero-order chi connectivity index (χ0) is 13.5. The number of aryl methyl sites for hydroxylation is 1. The summed E-state index contributed by atoms with van der Waals surface area (Å²) in [7, 11) is 1.63. The third-order valence-electron chi connectivity index (χ3n) is 3.65. The first-order valence-corrected chi connectivity index (χ1v) is 7.14. The van der Waals surface area contributed by atoms with Crippen LogP contribution in [0.2, 0.25) is 0 Å². The lowest BCUT2D eigenvalue weighted by Gasteiger charge is -2.10. The Hall–Kier alpha value is -1.29. The largest absolute Gasteiger partial charge is 0.492 e. The summed E-state index contributed by atoms with van der Waals surface area (Å²) in [5.41, 5.74) is 0.888. The van der Waals surface area contributed by atoms with Crippen LogP contribution < -0.4 is 14.8 Å². The van der Waals surface area contributed by atoms with Crippen molar-refractivity contribution in [3.63, 3.8) is 0 Å². The van der Waals surface area contributed by atoms with Crippen LogP contribution in [0, 0.1) is 12.8 Å². The Labute approximate surface area is 115 Å². The van der Waals surface area contributed by atoms with Gasteiger partial charge in [0, 0.05) is 6.07 Å². The number of rotatable bonds is 7. The number of aromatic nitrogens is 1. The summed E-state index contributed by atoms with van der Waals surface area (Å²) in [6, 6.07) is 3.77. The summed E-state index contributed by atoms with van der Waals surface area (Å²) < 4.78 is 10.8. The SMILES string of the molecule is COc1ccc(OCCCC[C@H]2CCNC2)c(C)n1. The molecule has 1 N–H and O–H groups in total. The van der Waals surface area contributed by atoms with Gasteiger partial charge in [-0.1, -0.05) is 0 Å². The van der Waals surface area contributed by atoms with Crippen LogP contribution in [0.3, 0.4) is 0 Å². The van der Waals surface area contributed by atoms with Gasteiger partial charge in [0.15, 0.2) is 0 Å². The highest BCUT2D eigenvalue weighted by Crippen LogP contribution is 2.20. The molecule has 0 amide bonds. The van der Waals surface area contributed by atoms with Gasteiger partial charge in [-0.15, -0.1) is 0 Å². The van der Waals surface area contributed by atoms with Gasteiger partial charge in [-0.3, -0.25) is 0 Å². The second-order valence-electron chi connectivity index (χ2n) is 5.14. The van der Waals surface area contributed by atoms with E-state index in [2.05, 4.69) is 10.3 Å². The Morgan fingerprint density at radius 1 is 1.37 bits per heavy atom. The maximum absolute atomic E-state index is 5.77. The molecule has 0 saturated carbocycles. The predicted octanol–water partition coefficient (Wildman–Crippen LogP) is 2.56. The van der Waals surface area contributed by atoms with Gasteiger partial charge in [-0.2, -0.15) is 0 Å². The lowest BCUT2D eigenvalue weighted by atomic mass is 10.0. The number of methoxy groups -OCH3 is 1. The molecule has 1 atom stereocenters. The molecule has 2 rings (SSSR count). The summed E-state index contributed by atoms with van der Waals surface area (Å²) >= 11 is 0. The Morgan fingerprint density at radius 2 is 2.26 bits per heavy atom. The molecule has 0 spiro atoms. The number of hydrogen-bond donors (Lipinski definition) is 1. The van der Waals surface area contributed by atoms with Gasteiger partial charge in [0.2, 0.25) is 5.88 Å². The highest BCUT2D eigenvalue weighted by Gasteiger charge is 2.13. The Bertz CT molecular complexity index is 390. The van der Waals surface area contributed by atoms with Crippen LogP contribution in [0.25, 0.3) is 0 Å². The first kappa shape index (κ1) is 14.1. The molecular formula is C15H24N2O2. The van der Waals surface area contributed by atoms with E-state index in [9.17, 15) is 0 Å². The summed E-state index contributed by atoms with van der Waals surface area (Å²) in [5.74, 6) is 2.38. The van der Waals surface area contributed by atoms with Gasteiger partial charge in [0.1, 0.15) is 5.75 Å². The van der Waals surface area contributed by atoms with Crippen molar-refractivity contribution in [2.45, 2.75) is 32.6 Å². The van der Waals surface area contributed by atoms with Crippen LogP contribution in [0.4, 0.5) is 0 Å². The third-order valence-corrected chi connectivity index (χ3v) is 3.65. The Morgan fingerprint density at radius 3 is 2.95 bits per heavy atom. The minimum atomic E-state index is 0.638. The van der Waals surface area contributed by atoms with Crippen molar-refractivity contribution in [3.8, 4) is 11.6 Å². The van der Waals surface area contributed by atoms with E-state index in [1.54, 1.807) is 7.11 Å². The summed E-state index contributed by atoms with van der Waals surface area (Å²) in [4.78, 5) is 4.30. The molecule has 0 aromatic carbocycles. The van der Waals surface area contributed by atoms with E-state index in [4.69, 9.17) is 9.47 Å². The molecular weight excluding hydrogens is 240 g/mol. The van der Waals surface area contributed by atoms with Crippen LogP contribution in [0.1, 0.15) is 31.4 Å². The fraction of sp³-hybridized carbons (Fsp3) is 0.667. The summed E-state index contributed by atoms with van der Waals surface area (Å²) in [6.45, 7) is 5.11. The molecule has 1 fully saturated rings. The molecule has 1 aromatic rings. The zero-order valence-electron chi connectivity index (χ0n) is 11.9. The molecule has 0 bridgehead atoms. The van der Waals surface area contributed by atoms with E-state index < -0.39 is 0 Å². The van der Waals surface area contributed by atoms with Gasteiger partial charge in [-0.25, -0.2) is 4.98 Å². The van der Waals surface area contributed by atoms with Crippen LogP contribution in [-0.2, 0) is 0 Å². The van der Waals surface area contributed by atoms with Gasteiger partial charge >= 0.3 is 0 Å². The Balaban J connectivity index is 1.64. The van der Waals surface area contributed by atoms with E-state index in [0.29, 0.717) is 5.88 Å². The average molecular weight is 264 g/mol. The number of nitrogens with one attached hydrogen (secondary N) is 1. The van der Waals surface area contributed by atoms with Crippen molar-refractivity contribution in [2.24, 2.45) is 5.92 Å². The summed E-state index contributed by atoms with van der Waals surface area (Å²) in [6.07, 6.45) is 5.01. The fourth-order valence-electron chi connectivity index (χ4n) is 2.47. The molecule has 1 aliphatic rings. The van der Waals surface area contributed by atoms with Gasteiger partial charge in [0.05, 0.1) is 19.4 Å². The second-order valence-corrected chi connectivity index (χ2v) is 5.14. The van der Waals surface area contributed by atoms with E-state index in [-0.39, 0.29) is 0 Å². The molecule has 1 aliphatic heterocycles. The van der Waals surface area contributed by atoms with Crippen LogP contribution in [-0.4, -0.2) is 31.8 Å². The van der Waals surface area contributed by atoms with Gasteiger partial charge in [0.25, 0.3) is 0 Å². The van der Waals surface area contributed by atoms with Gasteiger partial charge < -0.3 is 14.8 Å². The highest BCUT2D eigenvalue weighted by molar-refractivity contribution is 5.30. The van der Waals surface area contributed by atoms with Crippen molar-refractivity contribution in [3.05, 3.63) is 17.8 Å². The van der Waals surface area contributed by atoms with E-state index >= 15 is 0 Å². The molecule has 2 heterocycles. The summed E-state index contributed by atoms with van der Waals surface area (Å²) in [5, 5.41) is 3.41. The third kappa shape index (κ3) is 4.39. The number of hydrogen-bond acceptors (Lipinski definition) is 4. The molecule has 1 aromatic heterocycles. The molecule has 0 aliphatic carbocycles. The average Bonchev–Trinajstić information content (AvgIpc) is 2.93. The molecule has 106 valence electrons. The molecule has 19 heavy (non-hydrogen) atoms. The van der Waals surface area contributed by atoms with Crippen molar-refractivity contribution < 1.29 is 9.47 Å². The number of ether oxygens (including phenoxy) is 2. The minimum Gasteiger partial charge on any atom is -0.492 e. The molecule has 1 saturated heterocycles. The highest BCUT2D eigenvalue weighted by atomic mass is 16.5. The lowest BCUT2D eigenvalue weighted by molar-refractivity contribution is 0.295. The van der Waals surface area contributed by atoms with Crippen LogP contribution in [0.5, 0.6) is 11.6 Å². The molecule has 0 unspecified atom stereocenters. The fourth-order valence-corrected chi connectivity index (χ4v) is 2.47. The Kier molecular flexibility index (Phi) is 5.45. The smallest absolute Gasteiger partial charge is 0.213 e. The first-order valence-electron chi connectivity index (χ1n) is 7.14. The van der Waals surface area contributed by atoms with Crippen molar-refractivity contribution in [1.29, 1.82) is 0 Å². The zero-order valence-corrected chi connectivity index (χ0v) is 11.9. The normalized spacial score (nSPS) is 18.5. The quantitative estimate of drug-likeness (QED) is 0.769. The van der Waals surface area contributed by atoms with Crippen molar-refractivity contribution >= 4 is 0 Å². The van der Waals surface area contributed by atoms with Gasteiger partial charge in [-0.05, 0) is 57.7 Å². The maximum atomic E-state index is 5.77. The standard InChI is InChI=1S/C15H24N2O2/c1-12-14(6-7-15(17-12)18-2)19-10-4-3-5-13-8-9-16-11-13/h6-7,13,16H,3-5,8-11H2,1-2H3/t13-/m0/s1. The maximum Gasteiger partial charge on any atom is 0.213 e. The van der Waals surface area contributed by atoms with E-state index in [1.165, 1.54) is 32.4 Å². The lowest BCUT2D eigenvalue weighted by Crippen LogP contribution is -2.09. The molecule has 4 heteroatoms. The topological polar surface area (TPSA) is 43.4 Å². The van der Waals surface area contributed by atoms with Crippen molar-refractivity contribution in [2.75, 3.05) is 26.8 Å².